The van der Waals surface area contributed by atoms with Crippen LogP contribution in [0.1, 0.15) is 400 Å². The van der Waals surface area contributed by atoms with Gasteiger partial charge in [-0.15, -0.1) is 0 Å². The Bertz CT molecular complexity index is 1350. The standard InChI is InChI=1S/2C35H70O4S.Ca/c2*1-3-5-7-9-11-13-15-17-18-19-21-23-25-27-29-31-33-35(34-39-40(36,37)38)32-30-28-26-24-22-20-16-14-12-10-8-6-4-2;/h2*30,32,35H,3-29,31,33-34H2,1-2H3,(H,36,37,38);/q;;+2/p-2/b2*32-30+;. The Labute approximate surface area is 538 Å². The van der Waals surface area contributed by atoms with Crippen molar-refractivity contribution in [3.05, 3.63) is 24.3 Å². The summed E-state index contributed by atoms with van der Waals surface area (Å²) in [5.41, 5.74) is 0. The maximum absolute atomic E-state index is 10.9. The fraction of sp³-hybridized carbons (Fsp3) is 0.943. The molecular formula is C70H138CaO8S2. The van der Waals surface area contributed by atoms with Crippen LogP contribution in [0.3, 0.4) is 0 Å². The van der Waals surface area contributed by atoms with Crippen molar-refractivity contribution in [2.75, 3.05) is 13.2 Å². The van der Waals surface area contributed by atoms with E-state index in [4.69, 9.17) is 0 Å². The van der Waals surface area contributed by atoms with Gasteiger partial charge in [0.2, 0.25) is 20.8 Å². The molecule has 0 N–H and O–H groups in total. The Kier molecular flexibility index (Phi) is 75.4. The Hall–Kier alpha value is 0.480. The molecule has 0 bridgehead atoms. The first-order valence-corrected chi connectivity index (χ1v) is 38.2. The van der Waals surface area contributed by atoms with Gasteiger partial charge in [0.15, 0.2) is 0 Å². The molecular weight excluding hydrogens is 1070 g/mol. The molecule has 0 heterocycles. The van der Waals surface area contributed by atoms with Crippen LogP contribution in [0.25, 0.3) is 0 Å². The van der Waals surface area contributed by atoms with Gasteiger partial charge in [0.05, 0.1) is 13.2 Å². The Morgan fingerprint density at radius 1 is 0.272 bits per heavy atom. The summed E-state index contributed by atoms with van der Waals surface area (Å²) >= 11 is 0. The molecule has 11 heteroatoms. The zero-order valence-corrected chi connectivity index (χ0v) is 58.5. The molecule has 0 aliphatic heterocycles. The van der Waals surface area contributed by atoms with E-state index >= 15 is 0 Å². The van der Waals surface area contributed by atoms with Gasteiger partial charge in [-0.25, -0.2) is 16.8 Å². The summed E-state index contributed by atoms with van der Waals surface area (Å²) in [6.07, 6.45) is 84.8. The average Bonchev–Trinajstić information content (AvgIpc) is 3.43. The Morgan fingerprint density at radius 2 is 0.432 bits per heavy atom. The smallest absolute Gasteiger partial charge is 0.726 e. The van der Waals surface area contributed by atoms with Crippen LogP contribution in [0, 0.1) is 11.8 Å². The minimum Gasteiger partial charge on any atom is -0.726 e. The van der Waals surface area contributed by atoms with Crippen molar-refractivity contribution < 1.29 is 34.3 Å². The summed E-state index contributed by atoms with van der Waals surface area (Å²) < 4.78 is 74.9. The SMILES string of the molecule is CCCCCCCCCCCCC/C=C/C(CCCCCCCCCCCCCCCCCC)COS(=O)(=O)[O-].CCCCCCCCCCCCC/C=C/C(CCCCCCCCCCCCCCCCCC)COS(=O)(=O)[O-].[Ca+2]. The maximum atomic E-state index is 10.9. The third-order valence-corrected chi connectivity index (χ3v) is 17.3. The molecule has 0 spiro atoms. The molecule has 0 saturated heterocycles. The summed E-state index contributed by atoms with van der Waals surface area (Å²) in [5, 5.41) is 0. The summed E-state index contributed by atoms with van der Waals surface area (Å²) in [7, 11) is -9.24. The van der Waals surface area contributed by atoms with E-state index in [0.717, 1.165) is 38.5 Å². The van der Waals surface area contributed by atoms with Crippen LogP contribution in [-0.4, -0.2) is 76.9 Å². The van der Waals surface area contributed by atoms with Crippen molar-refractivity contribution in [2.24, 2.45) is 11.8 Å². The molecule has 0 aromatic rings. The number of unbranched alkanes of at least 4 members (excludes halogenated alkanes) is 52. The Balaban J connectivity index is -0.00000148. The Morgan fingerprint density at radius 3 is 0.605 bits per heavy atom. The van der Waals surface area contributed by atoms with E-state index in [2.05, 4.69) is 60.4 Å². The molecule has 0 saturated carbocycles. The minimum absolute atomic E-state index is 0. The number of rotatable bonds is 66. The third-order valence-electron chi connectivity index (χ3n) is 16.5. The van der Waals surface area contributed by atoms with E-state index in [1.54, 1.807) is 0 Å². The molecule has 0 aromatic carbocycles. The van der Waals surface area contributed by atoms with Gasteiger partial charge < -0.3 is 9.11 Å². The summed E-state index contributed by atoms with van der Waals surface area (Å²) in [5.74, 6) is 0.0335. The van der Waals surface area contributed by atoms with Crippen molar-refractivity contribution in [2.45, 2.75) is 400 Å². The van der Waals surface area contributed by atoms with Crippen LogP contribution < -0.4 is 0 Å². The van der Waals surface area contributed by atoms with Gasteiger partial charge >= 0.3 is 37.7 Å². The monoisotopic (exact) mass is 1210 g/mol. The van der Waals surface area contributed by atoms with E-state index in [1.807, 2.05) is 0 Å². The van der Waals surface area contributed by atoms with Gasteiger partial charge in [0.25, 0.3) is 0 Å². The molecule has 0 radical (unpaired) electrons. The molecule has 480 valence electrons. The molecule has 81 heavy (non-hydrogen) atoms. The first kappa shape index (κ1) is 85.7. The average molecular weight is 1210 g/mol. The van der Waals surface area contributed by atoms with Gasteiger partial charge in [-0.2, -0.15) is 0 Å². The normalized spacial score (nSPS) is 12.8. The fourth-order valence-corrected chi connectivity index (χ4v) is 11.8. The van der Waals surface area contributed by atoms with Crippen molar-refractivity contribution >= 4 is 58.5 Å². The van der Waals surface area contributed by atoms with Crippen LogP contribution in [0.15, 0.2) is 24.3 Å². The molecule has 0 fully saturated rings. The van der Waals surface area contributed by atoms with E-state index in [0.29, 0.717) is 0 Å². The first-order valence-electron chi connectivity index (χ1n) is 35.5. The summed E-state index contributed by atoms with van der Waals surface area (Å²) in [4.78, 5) is 0. The van der Waals surface area contributed by atoms with Crippen molar-refractivity contribution in [1.82, 2.24) is 0 Å². The molecule has 0 rings (SSSR count). The van der Waals surface area contributed by atoms with Gasteiger partial charge in [-0.1, -0.05) is 386 Å². The first-order chi connectivity index (χ1) is 39.0. The molecule has 0 aliphatic carbocycles. The second-order valence-electron chi connectivity index (χ2n) is 24.6. The largest absolute Gasteiger partial charge is 2.00 e. The number of hydrogen-bond acceptors (Lipinski definition) is 8. The second kappa shape index (κ2) is 71.2. The van der Waals surface area contributed by atoms with Crippen LogP contribution in [-0.2, 0) is 29.2 Å². The van der Waals surface area contributed by atoms with Crippen LogP contribution in [0.5, 0.6) is 0 Å². The van der Waals surface area contributed by atoms with E-state index in [-0.39, 0.29) is 62.8 Å². The molecule has 8 nitrogen and oxygen atoms in total. The van der Waals surface area contributed by atoms with Crippen LogP contribution in [0.4, 0.5) is 0 Å². The van der Waals surface area contributed by atoms with Crippen molar-refractivity contribution in [3.8, 4) is 0 Å². The molecule has 2 atom stereocenters. The van der Waals surface area contributed by atoms with Gasteiger partial charge in [0, 0.05) is 11.8 Å². The maximum Gasteiger partial charge on any atom is 2.00 e. The van der Waals surface area contributed by atoms with E-state index in [9.17, 15) is 25.9 Å². The predicted octanol–water partition coefficient (Wildman–Crippen LogP) is 23.6. The summed E-state index contributed by atoms with van der Waals surface area (Å²) in [6, 6.07) is 0. The van der Waals surface area contributed by atoms with Gasteiger partial charge in [0.1, 0.15) is 0 Å². The van der Waals surface area contributed by atoms with Crippen molar-refractivity contribution in [3.63, 3.8) is 0 Å². The zero-order chi connectivity index (χ0) is 58.8. The van der Waals surface area contributed by atoms with Crippen LogP contribution in [0.2, 0.25) is 0 Å². The molecule has 0 aliphatic rings. The van der Waals surface area contributed by atoms with Crippen molar-refractivity contribution in [1.29, 1.82) is 0 Å². The van der Waals surface area contributed by atoms with Gasteiger partial charge in [-0.05, 0) is 38.5 Å². The molecule has 0 amide bonds. The minimum atomic E-state index is -4.62. The molecule has 0 aromatic heterocycles. The van der Waals surface area contributed by atoms with Crippen LogP contribution >= 0.6 is 0 Å². The predicted molar refractivity (Wildman–Crippen MR) is 353 cm³/mol. The fourth-order valence-electron chi connectivity index (χ4n) is 11.2. The molecule has 2 unspecified atom stereocenters. The summed E-state index contributed by atoms with van der Waals surface area (Å²) in [6.45, 7) is 9.06. The zero-order valence-electron chi connectivity index (χ0n) is 54.7. The quantitative estimate of drug-likeness (QED) is 0.0193. The third kappa shape index (κ3) is 80.5. The second-order valence-corrected chi connectivity index (χ2v) is 26.7. The van der Waals surface area contributed by atoms with E-state index < -0.39 is 20.8 Å². The van der Waals surface area contributed by atoms with Gasteiger partial charge in [-0.3, -0.25) is 8.37 Å². The number of allylic oxidation sites excluding steroid dienone is 2. The number of hydrogen-bond donors (Lipinski definition) is 0. The van der Waals surface area contributed by atoms with E-state index in [1.165, 1.54) is 334 Å². The topological polar surface area (TPSA) is 133 Å².